The Morgan fingerprint density at radius 1 is 1.20 bits per heavy atom. The monoisotopic (exact) mass is 432 g/mol. The summed E-state index contributed by atoms with van der Waals surface area (Å²) in [5.74, 6) is -0.838. The van der Waals surface area contributed by atoms with E-state index in [1.807, 2.05) is 0 Å². The molecule has 0 aromatic heterocycles. The van der Waals surface area contributed by atoms with Gasteiger partial charge in [0, 0.05) is 31.3 Å². The zero-order valence-corrected chi connectivity index (χ0v) is 18.3. The fourth-order valence-corrected chi connectivity index (χ4v) is 6.27. The molecule has 4 rings (SSSR count). The molecular weight excluding hydrogens is 404 g/mol. The number of anilines is 1. The number of hydrogen-bond donors (Lipinski definition) is 0. The highest BCUT2D eigenvalue weighted by molar-refractivity contribution is 7.89. The predicted octanol–water partition coefficient (Wildman–Crippen LogP) is 2.95. The fraction of sp³-hybridized carbons (Fsp3) is 0.545. The Kier molecular flexibility index (Phi) is 5.72. The SMILES string of the molecule is CCOC(=O)C1CCCN(S(=O)(=O)c2ccc3c(c2)C(=C2CCCC2)C(=O)N3C)C1. The van der Waals surface area contributed by atoms with Crippen LogP contribution in [0.1, 0.15) is 51.0 Å². The molecular formula is C22H28N2O5S. The zero-order valence-electron chi connectivity index (χ0n) is 17.5. The molecule has 8 heteroatoms. The molecule has 0 bridgehead atoms. The van der Waals surface area contributed by atoms with Gasteiger partial charge >= 0.3 is 5.97 Å². The van der Waals surface area contributed by atoms with Crippen LogP contribution in [0, 0.1) is 5.92 Å². The number of sulfonamides is 1. The van der Waals surface area contributed by atoms with Crippen LogP contribution >= 0.6 is 0 Å². The summed E-state index contributed by atoms with van der Waals surface area (Å²) in [6.45, 7) is 2.54. The number of fused-ring (bicyclic) bond motifs is 1. The largest absolute Gasteiger partial charge is 0.466 e. The average molecular weight is 433 g/mol. The third-order valence-electron chi connectivity index (χ3n) is 6.32. The molecule has 1 unspecified atom stereocenters. The number of carbonyl (C=O) groups is 2. The van der Waals surface area contributed by atoms with Gasteiger partial charge in [0.2, 0.25) is 10.0 Å². The summed E-state index contributed by atoms with van der Waals surface area (Å²) in [6.07, 6.45) is 5.14. The van der Waals surface area contributed by atoms with E-state index in [9.17, 15) is 18.0 Å². The Labute approximate surface area is 177 Å². The zero-order chi connectivity index (χ0) is 21.5. The summed E-state index contributed by atoms with van der Waals surface area (Å²) in [5, 5.41) is 0. The first kappa shape index (κ1) is 21.1. The molecule has 7 nitrogen and oxygen atoms in total. The van der Waals surface area contributed by atoms with Crippen LogP contribution in [0.2, 0.25) is 0 Å². The molecule has 2 heterocycles. The lowest BCUT2D eigenvalue weighted by atomic mass is 10.00. The summed E-state index contributed by atoms with van der Waals surface area (Å²) in [7, 11) is -2.05. The second-order valence-corrected chi connectivity index (χ2v) is 10.1. The van der Waals surface area contributed by atoms with Gasteiger partial charge in [-0.3, -0.25) is 9.59 Å². The Bertz CT molecular complexity index is 1010. The Balaban J connectivity index is 1.67. The summed E-state index contributed by atoms with van der Waals surface area (Å²) in [4.78, 5) is 26.8. The molecule has 1 saturated heterocycles. The van der Waals surface area contributed by atoms with E-state index in [-0.39, 0.29) is 29.9 Å². The molecule has 0 spiro atoms. The van der Waals surface area contributed by atoms with Crippen LogP contribution in [-0.4, -0.2) is 51.3 Å². The van der Waals surface area contributed by atoms with Gasteiger partial charge < -0.3 is 9.64 Å². The number of amides is 1. The van der Waals surface area contributed by atoms with Gasteiger partial charge in [0.1, 0.15) is 0 Å². The van der Waals surface area contributed by atoms with Crippen LogP contribution in [0.4, 0.5) is 5.69 Å². The second-order valence-electron chi connectivity index (χ2n) is 8.18. The predicted molar refractivity (Wildman–Crippen MR) is 113 cm³/mol. The molecule has 1 aliphatic carbocycles. The van der Waals surface area contributed by atoms with Crippen molar-refractivity contribution in [2.45, 2.75) is 50.3 Å². The normalized spacial score (nSPS) is 22.5. The van der Waals surface area contributed by atoms with Gasteiger partial charge in [0.15, 0.2) is 0 Å². The molecule has 2 fully saturated rings. The summed E-state index contributed by atoms with van der Waals surface area (Å²) in [5.41, 5.74) is 3.25. The highest BCUT2D eigenvalue weighted by Gasteiger charge is 2.37. The minimum Gasteiger partial charge on any atom is -0.466 e. The quantitative estimate of drug-likeness (QED) is 0.540. The molecule has 30 heavy (non-hydrogen) atoms. The van der Waals surface area contributed by atoms with Crippen molar-refractivity contribution in [3.05, 3.63) is 29.3 Å². The number of likely N-dealkylation sites (N-methyl/N-ethyl adjacent to an activating group) is 1. The van der Waals surface area contributed by atoms with Crippen molar-refractivity contribution >= 4 is 33.2 Å². The molecule has 1 aromatic rings. The number of allylic oxidation sites excluding steroid dienone is 1. The molecule has 1 amide bonds. The van der Waals surface area contributed by atoms with E-state index >= 15 is 0 Å². The first-order valence-electron chi connectivity index (χ1n) is 10.7. The molecule has 0 N–H and O–H groups in total. The van der Waals surface area contributed by atoms with Crippen LogP contribution in [-0.2, 0) is 24.3 Å². The van der Waals surface area contributed by atoms with E-state index in [1.54, 1.807) is 37.1 Å². The number of nitrogens with zero attached hydrogens (tertiary/aromatic N) is 2. The van der Waals surface area contributed by atoms with Crippen LogP contribution in [0.5, 0.6) is 0 Å². The van der Waals surface area contributed by atoms with E-state index in [0.717, 1.165) is 36.9 Å². The first-order valence-corrected chi connectivity index (χ1v) is 12.1. The van der Waals surface area contributed by atoms with Crippen molar-refractivity contribution in [3.63, 3.8) is 0 Å². The highest BCUT2D eigenvalue weighted by Crippen LogP contribution is 2.43. The molecule has 0 radical (unpaired) electrons. The maximum absolute atomic E-state index is 13.4. The molecule has 1 saturated carbocycles. The summed E-state index contributed by atoms with van der Waals surface area (Å²) >= 11 is 0. The first-order chi connectivity index (χ1) is 14.3. The number of benzene rings is 1. The Hall–Kier alpha value is -2.19. The highest BCUT2D eigenvalue weighted by atomic mass is 32.2. The van der Waals surface area contributed by atoms with Crippen molar-refractivity contribution in [1.82, 2.24) is 4.31 Å². The van der Waals surface area contributed by atoms with Crippen LogP contribution in [0.25, 0.3) is 5.57 Å². The third-order valence-corrected chi connectivity index (χ3v) is 8.18. The maximum Gasteiger partial charge on any atom is 0.310 e. The fourth-order valence-electron chi connectivity index (χ4n) is 4.72. The van der Waals surface area contributed by atoms with Gasteiger partial charge in [0.25, 0.3) is 5.91 Å². The third kappa shape index (κ3) is 3.56. The number of piperidine rings is 1. The van der Waals surface area contributed by atoms with Crippen LogP contribution < -0.4 is 4.90 Å². The number of rotatable bonds is 4. The lowest BCUT2D eigenvalue weighted by Gasteiger charge is -2.30. The topological polar surface area (TPSA) is 84.0 Å². The number of carbonyl (C=O) groups excluding carboxylic acids is 2. The van der Waals surface area contributed by atoms with Crippen molar-refractivity contribution in [2.24, 2.45) is 5.92 Å². The molecule has 3 aliphatic rings. The van der Waals surface area contributed by atoms with E-state index < -0.39 is 15.9 Å². The average Bonchev–Trinajstić information content (AvgIpc) is 3.35. The van der Waals surface area contributed by atoms with Gasteiger partial charge in [-0.25, -0.2) is 8.42 Å². The van der Waals surface area contributed by atoms with Crippen LogP contribution in [0.3, 0.4) is 0 Å². The van der Waals surface area contributed by atoms with E-state index in [4.69, 9.17) is 4.74 Å². The van der Waals surface area contributed by atoms with Crippen LogP contribution in [0.15, 0.2) is 28.7 Å². The minimum atomic E-state index is -3.77. The van der Waals surface area contributed by atoms with Gasteiger partial charge in [-0.1, -0.05) is 5.57 Å². The molecule has 2 aliphatic heterocycles. The second kappa shape index (κ2) is 8.15. The number of esters is 1. The number of ether oxygens (including phenoxy) is 1. The van der Waals surface area contributed by atoms with Crippen molar-refractivity contribution < 1.29 is 22.7 Å². The number of hydrogen-bond acceptors (Lipinski definition) is 5. The molecule has 162 valence electrons. The summed E-state index contributed by atoms with van der Waals surface area (Å²) < 4.78 is 33.2. The van der Waals surface area contributed by atoms with Gasteiger partial charge in [-0.2, -0.15) is 4.31 Å². The van der Waals surface area contributed by atoms with Gasteiger partial charge in [-0.15, -0.1) is 0 Å². The standard InChI is InChI=1S/C22H28N2O5S/c1-3-29-22(26)16-9-6-12-24(14-16)30(27,28)17-10-11-19-18(13-17)20(21(25)23(19)2)15-7-4-5-8-15/h10-11,13,16H,3-9,12,14H2,1-2H3. The molecule has 1 aromatic carbocycles. The van der Waals surface area contributed by atoms with Crippen molar-refractivity contribution in [1.29, 1.82) is 0 Å². The van der Waals surface area contributed by atoms with E-state index in [2.05, 4.69) is 0 Å². The smallest absolute Gasteiger partial charge is 0.310 e. The Morgan fingerprint density at radius 3 is 2.63 bits per heavy atom. The minimum absolute atomic E-state index is 0.0585. The van der Waals surface area contributed by atoms with Gasteiger partial charge in [-0.05, 0) is 63.6 Å². The molecule has 1 atom stereocenters. The lowest BCUT2D eigenvalue weighted by molar-refractivity contribution is -0.149. The van der Waals surface area contributed by atoms with E-state index in [1.165, 1.54) is 4.31 Å². The Morgan fingerprint density at radius 2 is 1.93 bits per heavy atom. The summed E-state index contributed by atoms with van der Waals surface area (Å²) in [6, 6.07) is 4.92. The van der Waals surface area contributed by atoms with Gasteiger partial charge in [0.05, 0.1) is 23.1 Å². The lowest BCUT2D eigenvalue weighted by Crippen LogP contribution is -2.42. The maximum atomic E-state index is 13.4. The van der Waals surface area contributed by atoms with Crippen molar-refractivity contribution in [2.75, 3.05) is 31.6 Å². The van der Waals surface area contributed by atoms with Crippen molar-refractivity contribution in [3.8, 4) is 0 Å². The van der Waals surface area contributed by atoms with E-state index in [0.29, 0.717) is 30.5 Å².